The molecular formula is C24H30N8O6. The number of nitrogens with zero attached hydrogens (tertiary/aromatic N) is 4. The molecule has 4 atom stereocenters. The van der Waals surface area contributed by atoms with E-state index >= 15 is 0 Å². The molecule has 1 aromatic rings. The molecule has 8 N–H and O–H groups in total. The van der Waals surface area contributed by atoms with Crippen LogP contribution in [-0.2, 0) is 16.0 Å². The number of carbonyl (C=O) groups is 3. The van der Waals surface area contributed by atoms with Gasteiger partial charge in [-0.25, -0.2) is 9.98 Å². The first-order valence-electron chi connectivity index (χ1n) is 12.5. The number of nitrogens with one attached hydrogen (secondary N) is 2. The van der Waals surface area contributed by atoms with Gasteiger partial charge in [0.2, 0.25) is 17.6 Å². The van der Waals surface area contributed by atoms with Crippen LogP contribution >= 0.6 is 0 Å². The van der Waals surface area contributed by atoms with Crippen molar-refractivity contribution in [2.45, 2.75) is 68.3 Å². The van der Waals surface area contributed by atoms with Gasteiger partial charge in [-0.3, -0.25) is 19.3 Å². The van der Waals surface area contributed by atoms with Gasteiger partial charge >= 0.3 is 0 Å². The van der Waals surface area contributed by atoms with Gasteiger partial charge in [0.1, 0.15) is 23.4 Å². The van der Waals surface area contributed by atoms with E-state index in [-0.39, 0.29) is 55.2 Å². The second-order valence-electron chi connectivity index (χ2n) is 11.0. The molecule has 1 spiro atoms. The van der Waals surface area contributed by atoms with E-state index < -0.39 is 41.1 Å². The number of fused-ring (bicyclic) bond motifs is 1. The Morgan fingerprint density at radius 1 is 1.21 bits per heavy atom. The van der Waals surface area contributed by atoms with Crippen LogP contribution in [0.2, 0.25) is 0 Å². The van der Waals surface area contributed by atoms with Crippen LogP contribution in [0.4, 0.5) is 0 Å². The second-order valence-corrected chi connectivity index (χ2v) is 11.0. The topological polar surface area (TPSA) is 208 Å². The highest BCUT2D eigenvalue weighted by molar-refractivity contribution is 6.02. The summed E-state index contributed by atoms with van der Waals surface area (Å²) < 4.78 is 6.01. The molecule has 1 aromatic carbocycles. The van der Waals surface area contributed by atoms with Crippen LogP contribution < -0.4 is 26.8 Å². The van der Waals surface area contributed by atoms with Crippen LogP contribution in [0.5, 0.6) is 5.75 Å². The average Bonchev–Trinajstić information content (AvgIpc) is 3.52. The second kappa shape index (κ2) is 7.80. The summed E-state index contributed by atoms with van der Waals surface area (Å²) >= 11 is 0. The number of amides is 3. The molecule has 3 amide bonds. The van der Waals surface area contributed by atoms with Gasteiger partial charge in [-0.2, -0.15) is 0 Å². The first-order valence-corrected chi connectivity index (χ1v) is 12.5. The Kier molecular flexibility index (Phi) is 5.01. The fraction of sp³-hybridized carbons (Fsp3) is 0.542. The van der Waals surface area contributed by atoms with E-state index in [1.807, 2.05) is 19.9 Å². The van der Waals surface area contributed by atoms with Gasteiger partial charge in [0.05, 0.1) is 18.2 Å². The zero-order chi connectivity index (χ0) is 27.2. The third-order valence-electron chi connectivity index (χ3n) is 7.97. The Balaban J connectivity index is 1.31. The predicted molar refractivity (Wildman–Crippen MR) is 133 cm³/mol. The number of hydrogen-bond donors (Lipinski definition) is 6. The molecule has 1 unspecified atom stereocenters. The molecule has 14 heteroatoms. The van der Waals surface area contributed by atoms with Crippen molar-refractivity contribution in [2.75, 3.05) is 13.1 Å². The van der Waals surface area contributed by atoms with Crippen LogP contribution in [0, 0.1) is 0 Å². The predicted octanol–water partition coefficient (Wildman–Crippen LogP) is -2.68. The smallest absolute Gasteiger partial charge is 0.255 e. The number of para-hydroxylation sites is 1. The number of benzene rings is 1. The van der Waals surface area contributed by atoms with Crippen LogP contribution in [0.1, 0.15) is 42.6 Å². The average molecular weight is 527 g/mol. The summed E-state index contributed by atoms with van der Waals surface area (Å²) in [4.78, 5) is 49.2. The minimum absolute atomic E-state index is 0.0716. The quantitative estimate of drug-likeness (QED) is 0.177. The Morgan fingerprint density at radius 2 is 1.92 bits per heavy atom. The summed E-state index contributed by atoms with van der Waals surface area (Å²) in [5.41, 5.74) is 11.2. The van der Waals surface area contributed by atoms with E-state index in [4.69, 9.17) is 16.2 Å². The van der Waals surface area contributed by atoms with Gasteiger partial charge in [-0.05, 0) is 25.5 Å². The van der Waals surface area contributed by atoms with Gasteiger partial charge in [-0.15, -0.1) is 0 Å². The monoisotopic (exact) mass is 526 g/mol. The zero-order valence-electron chi connectivity index (χ0n) is 21.0. The van der Waals surface area contributed by atoms with Crippen LogP contribution in [0.15, 0.2) is 28.2 Å². The SMILES string of the molecule is CC1(C)Cc2cccc(C(=O)N[C@H]3CN4C(N)=N[C@@H](CN5C(=O)CCC5=O)[C@@H]5N=C(N)NC54C3(O)O)c2O1. The summed E-state index contributed by atoms with van der Waals surface area (Å²) in [6, 6.07) is 2.07. The summed E-state index contributed by atoms with van der Waals surface area (Å²) in [7, 11) is 0. The Bertz CT molecular complexity index is 1310. The summed E-state index contributed by atoms with van der Waals surface area (Å²) in [6.45, 7) is 3.57. The first-order chi connectivity index (χ1) is 17.8. The van der Waals surface area contributed by atoms with Crippen molar-refractivity contribution in [1.82, 2.24) is 20.4 Å². The first kappa shape index (κ1) is 24.4. The van der Waals surface area contributed by atoms with E-state index in [2.05, 4.69) is 20.6 Å². The van der Waals surface area contributed by atoms with E-state index in [0.29, 0.717) is 12.2 Å². The zero-order valence-corrected chi connectivity index (χ0v) is 21.0. The van der Waals surface area contributed by atoms with E-state index in [9.17, 15) is 24.6 Å². The molecule has 0 radical (unpaired) electrons. The lowest BCUT2D eigenvalue weighted by Gasteiger charge is -2.49. The van der Waals surface area contributed by atoms with Crippen molar-refractivity contribution in [3.8, 4) is 5.75 Å². The van der Waals surface area contributed by atoms with Crippen LogP contribution in [0.25, 0.3) is 0 Å². The molecule has 2 saturated heterocycles. The van der Waals surface area contributed by atoms with Crippen molar-refractivity contribution in [3.05, 3.63) is 29.3 Å². The third kappa shape index (κ3) is 3.29. The number of hydrogen-bond acceptors (Lipinski definition) is 12. The number of ether oxygens (including phenoxy) is 1. The van der Waals surface area contributed by atoms with Gasteiger partial charge < -0.3 is 42.0 Å². The molecule has 5 aliphatic heterocycles. The highest BCUT2D eigenvalue weighted by Crippen LogP contribution is 2.45. The van der Waals surface area contributed by atoms with E-state index in [1.165, 1.54) is 4.90 Å². The number of imide groups is 1. The molecule has 6 rings (SSSR count). The molecule has 0 aromatic heterocycles. The number of carbonyl (C=O) groups excluding carboxylic acids is 3. The van der Waals surface area contributed by atoms with Gasteiger partial charge in [0.15, 0.2) is 17.6 Å². The Morgan fingerprint density at radius 3 is 2.63 bits per heavy atom. The highest BCUT2D eigenvalue weighted by Gasteiger charge is 2.73. The third-order valence-corrected chi connectivity index (χ3v) is 7.97. The molecule has 5 heterocycles. The fourth-order valence-electron chi connectivity index (χ4n) is 6.28. The number of nitrogens with two attached hydrogens (primary N) is 2. The largest absolute Gasteiger partial charge is 0.486 e. The molecule has 38 heavy (non-hydrogen) atoms. The lowest BCUT2D eigenvalue weighted by molar-refractivity contribution is -0.230. The lowest BCUT2D eigenvalue weighted by Crippen LogP contribution is -2.78. The number of aliphatic imine (C=N–C) groups is 2. The molecule has 0 aliphatic carbocycles. The maximum atomic E-state index is 13.4. The Labute approximate surface area is 217 Å². The highest BCUT2D eigenvalue weighted by atomic mass is 16.5. The number of likely N-dealkylation sites (tertiary alicyclic amines) is 1. The van der Waals surface area contributed by atoms with Gasteiger partial charge in [0.25, 0.3) is 5.91 Å². The summed E-state index contributed by atoms with van der Waals surface area (Å²) in [6.07, 6.45) is 0.823. The van der Waals surface area contributed by atoms with Crippen molar-refractivity contribution < 1.29 is 29.3 Å². The van der Waals surface area contributed by atoms with Crippen molar-refractivity contribution in [2.24, 2.45) is 21.5 Å². The maximum Gasteiger partial charge on any atom is 0.255 e. The molecule has 5 aliphatic rings. The van der Waals surface area contributed by atoms with Gasteiger partial charge in [-0.1, -0.05) is 12.1 Å². The number of guanidine groups is 2. The summed E-state index contributed by atoms with van der Waals surface area (Å²) in [5, 5.41) is 28.8. The van der Waals surface area contributed by atoms with Crippen molar-refractivity contribution in [1.29, 1.82) is 0 Å². The normalized spacial score (nSPS) is 32.2. The molecule has 0 bridgehead atoms. The van der Waals surface area contributed by atoms with E-state index in [1.54, 1.807) is 12.1 Å². The molecule has 2 fully saturated rings. The van der Waals surface area contributed by atoms with Crippen LogP contribution in [0.3, 0.4) is 0 Å². The standard InChI is InChI=1S/C24H30N8O6/c1-22(2)8-11-4-3-5-12(17(11)38-22)19(35)28-14-10-32-21(26)27-13(9-31-15(33)6-7-16(31)34)18-23(32,24(14,36)37)30-20(25)29-18/h3-5,13-14,18,36-37H,6-10H2,1-2H3,(H2,26,27)(H,28,35)(H3,25,29,30)/t13-,14-,18-,23?/m0/s1. The minimum Gasteiger partial charge on any atom is -0.486 e. The molecule has 0 saturated carbocycles. The molecule has 202 valence electrons. The van der Waals surface area contributed by atoms with Crippen molar-refractivity contribution >= 4 is 29.6 Å². The van der Waals surface area contributed by atoms with Crippen molar-refractivity contribution in [3.63, 3.8) is 0 Å². The summed E-state index contributed by atoms with van der Waals surface area (Å²) in [5.74, 6) is -3.61. The van der Waals surface area contributed by atoms with E-state index in [0.717, 1.165) is 10.5 Å². The fourth-order valence-corrected chi connectivity index (χ4v) is 6.28. The number of rotatable bonds is 4. The maximum absolute atomic E-state index is 13.4. The van der Waals surface area contributed by atoms with Gasteiger partial charge in [0, 0.05) is 25.8 Å². The minimum atomic E-state index is -2.64. The molecular weight excluding hydrogens is 496 g/mol. The molecule has 14 nitrogen and oxygen atoms in total. The Hall–Kier alpha value is -3.91. The van der Waals surface area contributed by atoms with Crippen LogP contribution in [-0.4, -0.2) is 97.9 Å². The lowest BCUT2D eigenvalue weighted by atomic mass is 9.84. The number of aliphatic hydroxyl groups is 2.